The fourth-order valence-corrected chi connectivity index (χ4v) is 2.49. The summed E-state index contributed by atoms with van der Waals surface area (Å²) in [5.41, 5.74) is 6.60. The predicted octanol–water partition coefficient (Wildman–Crippen LogP) is 3.64. The van der Waals surface area contributed by atoms with Crippen molar-refractivity contribution in [2.24, 2.45) is 0 Å². The molecule has 3 N–H and O–H groups in total. The number of methoxy groups -OCH3 is 1. The number of nitrogen functional groups attached to an aromatic ring is 1. The summed E-state index contributed by atoms with van der Waals surface area (Å²) >= 11 is 11.9. The van der Waals surface area contributed by atoms with E-state index in [0.29, 0.717) is 5.69 Å². The zero-order valence-corrected chi connectivity index (χ0v) is 15.9. The topological polar surface area (TPSA) is 114 Å². The van der Waals surface area contributed by atoms with E-state index in [9.17, 15) is 9.59 Å². The maximum Gasteiger partial charge on any atom is 0.342 e. The molecule has 2 rings (SSSR count). The number of amides is 1. The van der Waals surface area contributed by atoms with Crippen molar-refractivity contribution >= 4 is 46.5 Å². The molecule has 9 heteroatoms. The molecule has 0 bridgehead atoms. The zero-order valence-electron chi connectivity index (χ0n) is 14.4. The Balaban J connectivity index is 2.10. The Bertz CT molecular complexity index is 941. The van der Waals surface area contributed by atoms with E-state index < -0.39 is 18.0 Å². The lowest BCUT2D eigenvalue weighted by Crippen LogP contribution is -2.30. The van der Waals surface area contributed by atoms with Crippen molar-refractivity contribution in [2.45, 2.75) is 13.0 Å². The minimum Gasteiger partial charge on any atom is -0.496 e. The number of nitrogens with zero attached hydrogens (tertiary/aromatic N) is 1. The molecule has 0 fully saturated rings. The molecule has 2 aromatic carbocycles. The van der Waals surface area contributed by atoms with E-state index in [2.05, 4.69) is 5.32 Å². The third kappa shape index (κ3) is 4.82. The molecular formula is C18H15Cl2N3O4. The highest BCUT2D eigenvalue weighted by atomic mass is 35.5. The highest BCUT2D eigenvalue weighted by Gasteiger charge is 2.22. The van der Waals surface area contributed by atoms with Gasteiger partial charge >= 0.3 is 5.97 Å². The van der Waals surface area contributed by atoms with Crippen LogP contribution in [0.5, 0.6) is 5.75 Å². The Kier molecular flexibility index (Phi) is 6.50. The third-order valence-electron chi connectivity index (χ3n) is 3.55. The second-order valence-corrected chi connectivity index (χ2v) is 6.23. The average Bonchev–Trinajstić information content (AvgIpc) is 2.63. The molecule has 140 valence electrons. The quantitative estimate of drug-likeness (QED) is 0.577. The van der Waals surface area contributed by atoms with Gasteiger partial charge in [-0.15, -0.1) is 0 Å². The molecule has 0 aliphatic heterocycles. The van der Waals surface area contributed by atoms with Crippen LogP contribution in [0, 0.1) is 11.3 Å². The first-order valence-corrected chi connectivity index (χ1v) is 8.37. The smallest absolute Gasteiger partial charge is 0.342 e. The predicted molar refractivity (Wildman–Crippen MR) is 102 cm³/mol. The van der Waals surface area contributed by atoms with Crippen LogP contribution in [0.15, 0.2) is 30.3 Å². The number of nitrogens with one attached hydrogen (secondary N) is 1. The Labute approximate surface area is 165 Å². The summed E-state index contributed by atoms with van der Waals surface area (Å²) in [6.45, 7) is 1.41. The van der Waals surface area contributed by atoms with Crippen LogP contribution in [0.1, 0.15) is 22.8 Å². The summed E-state index contributed by atoms with van der Waals surface area (Å²) < 4.78 is 10.3. The van der Waals surface area contributed by atoms with E-state index in [1.807, 2.05) is 6.07 Å². The van der Waals surface area contributed by atoms with Crippen molar-refractivity contribution in [3.05, 3.63) is 51.5 Å². The van der Waals surface area contributed by atoms with Gasteiger partial charge in [0.2, 0.25) is 0 Å². The number of esters is 1. The zero-order chi connectivity index (χ0) is 20.1. The molecule has 0 saturated heterocycles. The van der Waals surface area contributed by atoms with Gasteiger partial charge in [-0.2, -0.15) is 5.26 Å². The Morgan fingerprint density at radius 1 is 1.22 bits per heavy atom. The minimum absolute atomic E-state index is 0.0396. The standard InChI is InChI=1S/C18H15Cl2N3O4/c1-9(17(24)23-11-4-3-10(8-21)13(19)5-11)27-18(25)12-6-14(20)15(22)7-16(12)26-2/h3-7,9H,22H2,1-2H3,(H,23,24). The SMILES string of the molecule is COc1cc(N)c(Cl)cc1C(=O)OC(C)C(=O)Nc1ccc(C#N)c(Cl)c1. The average molecular weight is 408 g/mol. The number of halogens is 2. The van der Waals surface area contributed by atoms with Gasteiger partial charge in [-0.05, 0) is 31.2 Å². The summed E-state index contributed by atoms with van der Waals surface area (Å²) in [6.07, 6.45) is -1.12. The second-order valence-electron chi connectivity index (χ2n) is 5.42. The Morgan fingerprint density at radius 3 is 2.52 bits per heavy atom. The van der Waals surface area contributed by atoms with Gasteiger partial charge in [0.1, 0.15) is 17.4 Å². The van der Waals surface area contributed by atoms with Crippen molar-refractivity contribution in [1.29, 1.82) is 5.26 Å². The first-order chi connectivity index (χ1) is 12.8. The van der Waals surface area contributed by atoms with Gasteiger partial charge in [0.25, 0.3) is 5.91 Å². The van der Waals surface area contributed by atoms with Crippen LogP contribution in [-0.4, -0.2) is 25.1 Å². The van der Waals surface area contributed by atoms with Crippen LogP contribution in [0.2, 0.25) is 10.0 Å². The van der Waals surface area contributed by atoms with Crippen molar-refractivity contribution in [1.82, 2.24) is 0 Å². The molecule has 0 aromatic heterocycles. The van der Waals surface area contributed by atoms with E-state index in [0.717, 1.165) is 0 Å². The Hall–Kier alpha value is -2.95. The molecular weight excluding hydrogens is 393 g/mol. The number of hydrogen-bond donors (Lipinski definition) is 2. The van der Waals surface area contributed by atoms with E-state index in [1.165, 1.54) is 44.4 Å². The van der Waals surface area contributed by atoms with Crippen LogP contribution in [0.25, 0.3) is 0 Å². The molecule has 0 aliphatic carbocycles. The first-order valence-electron chi connectivity index (χ1n) is 7.61. The maximum absolute atomic E-state index is 12.4. The lowest BCUT2D eigenvalue weighted by atomic mass is 10.2. The number of rotatable bonds is 5. The number of benzene rings is 2. The van der Waals surface area contributed by atoms with Crippen molar-refractivity contribution in [3.63, 3.8) is 0 Å². The highest BCUT2D eigenvalue weighted by molar-refractivity contribution is 6.33. The number of nitriles is 1. The minimum atomic E-state index is -1.12. The number of carbonyl (C=O) groups excluding carboxylic acids is 2. The lowest BCUT2D eigenvalue weighted by molar-refractivity contribution is -0.123. The summed E-state index contributed by atoms with van der Waals surface area (Å²) in [5, 5.41) is 11.8. The molecule has 2 aromatic rings. The molecule has 1 atom stereocenters. The third-order valence-corrected chi connectivity index (χ3v) is 4.19. The van der Waals surface area contributed by atoms with Gasteiger partial charge in [0.05, 0.1) is 28.4 Å². The van der Waals surface area contributed by atoms with Crippen LogP contribution < -0.4 is 15.8 Å². The van der Waals surface area contributed by atoms with Crippen LogP contribution in [-0.2, 0) is 9.53 Å². The van der Waals surface area contributed by atoms with Crippen LogP contribution in [0.4, 0.5) is 11.4 Å². The number of nitrogens with two attached hydrogens (primary N) is 1. The van der Waals surface area contributed by atoms with Gasteiger partial charge < -0.3 is 20.5 Å². The fourth-order valence-electron chi connectivity index (χ4n) is 2.10. The van der Waals surface area contributed by atoms with Crippen LogP contribution in [0.3, 0.4) is 0 Å². The molecule has 0 aliphatic rings. The van der Waals surface area contributed by atoms with Gasteiger partial charge in [-0.1, -0.05) is 23.2 Å². The first kappa shape index (κ1) is 20.4. The molecule has 1 unspecified atom stereocenters. The van der Waals surface area contributed by atoms with Crippen molar-refractivity contribution < 1.29 is 19.1 Å². The molecule has 27 heavy (non-hydrogen) atoms. The normalized spacial score (nSPS) is 11.2. The molecule has 0 spiro atoms. The number of carbonyl (C=O) groups is 2. The largest absolute Gasteiger partial charge is 0.496 e. The van der Waals surface area contributed by atoms with Crippen molar-refractivity contribution in [2.75, 3.05) is 18.2 Å². The second kappa shape index (κ2) is 8.62. The van der Waals surface area contributed by atoms with Crippen molar-refractivity contribution in [3.8, 4) is 11.8 Å². The number of ether oxygens (including phenoxy) is 2. The van der Waals surface area contributed by atoms with E-state index in [1.54, 1.807) is 0 Å². The molecule has 0 radical (unpaired) electrons. The number of hydrogen-bond acceptors (Lipinski definition) is 6. The monoisotopic (exact) mass is 407 g/mol. The lowest BCUT2D eigenvalue weighted by Gasteiger charge is -2.15. The number of anilines is 2. The summed E-state index contributed by atoms with van der Waals surface area (Å²) in [5.74, 6) is -1.20. The molecule has 1 amide bonds. The van der Waals surface area contributed by atoms with E-state index >= 15 is 0 Å². The maximum atomic E-state index is 12.4. The van der Waals surface area contributed by atoms with Gasteiger partial charge in [0.15, 0.2) is 6.10 Å². The summed E-state index contributed by atoms with van der Waals surface area (Å²) in [7, 11) is 1.37. The van der Waals surface area contributed by atoms with E-state index in [-0.39, 0.29) is 32.6 Å². The van der Waals surface area contributed by atoms with Gasteiger partial charge in [-0.25, -0.2) is 4.79 Å². The van der Waals surface area contributed by atoms with E-state index in [4.69, 9.17) is 43.7 Å². The summed E-state index contributed by atoms with van der Waals surface area (Å²) in [6, 6.07) is 9.02. The Morgan fingerprint density at radius 2 is 1.93 bits per heavy atom. The molecule has 0 saturated carbocycles. The fraction of sp³-hybridized carbons (Fsp3) is 0.167. The molecule has 0 heterocycles. The highest BCUT2D eigenvalue weighted by Crippen LogP contribution is 2.29. The summed E-state index contributed by atoms with van der Waals surface area (Å²) in [4.78, 5) is 24.6. The van der Waals surface area contributed by atoms with Crippen LogP contribution >= 0.6 is 23.2 Å². The molecule has 7 nitrogen and oxygen atoms in total. The van der Waals surface area contributed by atoms with Gasteiger partial charge in [0, 0.05) is 11.8 Å². The van der Waals surface area contributed by atoms with Gasteiger partial charge in [-0.3, -0.25) is 4.79 Å².